The summed E-state index contributed by atoms with van der Waals surface area (Å²) in [7, 11) is -3.60. The van der Waals surface area contributed by atoms with Crippen LogP contribution in [0.4, 0.5) is 5.69 Å². The summed E-state index contributed by atoms with van der Waals surface area (Å²) in [5, 5.41) is 0.653. The van der Waals surface area contributed by atoms with Gasteiger partial charge in [-0.1, -0.05) is 35.9 Å². The van der Waals surface area contributed by atoms with Crippen LogP contribution in [0.5, 0.6) is 0 Å². The van der Waals surface area contributed by atoms with Crippen molar-refractivity contribution >= 4 is 33.1 Å². The average molecular weight is 321 g/mol. The van der Waals surface area contributed by atoms with E-state index in [1.54, 1.807) is 31.2 Å². The average Bonchev–Trinajstić information content (AvgIpc) is 2.43. The third-order valence-corrected chi connectivity index (χ3v) is 4.95. The first-order valence-electron chi connectivity index (χ1n) is 6.40. The number of benzene rings is 2. The van der Waals surface area contributed by atoms with Crippen molar-refractivity contribution in [2.75, 3.05) is 4.90 Å². The Hall–Kier alpha value is -1.85. The summed E-state index contributed by atoms with van der Waals surface area (Å²) in [5.41, 5.74) is 1.64. The van der Waals surface area contributed by atoms with Crippen LogP contribution in [0.15, 0.2) is 57.8 Å². The van der Waals surface area contributed by atoms with Gasteiger partial charge in [0.25, 0.3) is 10.0 Å². The van der Waals surface area contributed by atoms with Crippen molar-refractivity contribution in [1.82, 2.24) is 0 Å². The normalized spacial score (nSPS) is 16.3. The van der Waals surface area contributed by atoms with E-state index in [1.165, 1.54) is 0 Å². The molecule has 2 aromatic rings. The van der Waals surface area contributed by atoms with Crippen molar-refractivity contribution in [3.8, 4) is 0 Å². The molecule has 0 amide bonds. The highest BCUT2D eigenvalue weighted by atomic mass is 35.5. The Bertz CT molecular complexity index is 831. The lowest BCUT2D eigenvalue weighted by molar-refractivity contribution is 0.596. The minimum Gasteiger partial charge on any atom is -0.324 e. The van der Waals surface area contributed by atoms with Gasteiger partial charge < -0.3 is 4.90 Å². The minimum absolute atomic E-state index is 0.234. The first kappa shape index (κ1) is 14.1. The van der Waals surface area contributed by atoms with Crippen LogP contribution >= 0.6 is 11.6 Å². The van der Waals surface area contributed by atoms with Gasteiger partial charge in [0.1, 0.15) is 10.7 Å². The van der Waals surface area contributed by atoms with Crippen molar-refractivity contribution in [3.63, 3.8) is 0 Å². The lowest BCUT2D eigenvalue weighted by Gasteiger charge is -2.29. The van der Waals surface area contributed by atoms with Crippen LogP contribution < -0.4 is 4.90 Å². The number of anilines is 1. The number of hydrogen-bond donors (Lipinski definition) is 0. The molecule has 21 heavy (non-hydrogen) atoms. The van der Waals surface area contributed by atoms with E-state index in [0.717, 1.165) is 5.56 Å². The van der Waals surface area contributed by atoms with Crippen LogP contribution in [0, 0.1) is 0 Å². The van der Waals surface area contributed by atoms with Gasteiger partial charge in [-0.2, -0.15) is 8.42 Å². The molecule has 3 rings (SSSR count). The molecule has 4 nitrogen and oxygen atoms in total. The van der Waals surface area contributed by atoms with Crippen molar-refractivity contribution in [1.29, 1.82) is 0 Å². The molecule has 0 aromatic heterocycles. The second-order valence-electron chi connectivity index (χ2n) is 4.80. The highest BCUT2D eigenvalue weighted by Gasteiger charge is 2.28. The van der Waals surface area contributed by atoms with Crippen molar-refractivity contribution < 1.29 is 8.42 Å². The molecule has 1 aliphatic rings. The van der Waals surface area contributed by atoms with Crippen LogP contribution in [0.3, 0.4) is 0 Å². The molecule has 0 atom stereocenters. The van der Waals surface area contributed by atoms with E-state index in [2.05, 4.69) is 4.40 Å². The number of fused-ring (bicyclic) bond motifs is 1. The quantitative estimate of drug-likeness (QED) is 0.851. The topological polar surface area (TPSA) is 49.7 Å². The molecule has 1 heterocycles. The fraction of sp³-hybridized carbons (Fsp3) is 0.133. The smallest absolute Gasteiger partial charge is 0.286 e. The second kappa shape index (κ2) is 5.16. The zero-order chi connectivity index (χ0) is 15.0. The third-order valence-electron chi connectivity index (χ3n) is 3.31. The largest absolute Gasteiger partial charge is 0.324 e. The summed E-state index contributed by atoms with van der Waals surface area (Å²) >= 11 is 6.00. The fourth-order valence-corrected chi connectivity index (χ4v) is 3.81. The van der Waals surface area contributed by atoms with E-state index in [-0.39, 0.29) is 4.90 Å². The Morgan fingerprint density at radius 3 is 2.67 bits per heavy atom. The maximum atomic E-state index is 12.1. The number of nitrogens with zero attached hydrogens (tertiary/aromatic N) is 2. The second-order valence-corrected chi connectivity index (χ2v) is 6.81. The van der Waals surface area contributed by atoms with Crippen LogP contribution in [0.25, 0.3) is 0 Å². The summed E-state index contributed by atoms with van der Waals surface area (Å²) < 4.78 is 28.0. The number of hydrogen-bond acceptors (Lipinski definition) is 3. The van der Waals surface area contributed by atoms with Gasteiger partial charge in [0.2, 0.25) is 0 Å². The minimum atomic E-state index is -3.60. The molecule has 0 fully saturated rings. The summed E-state index contributed by atoms with van der Waals surface area (Å²) in [6, 6.07) is 14.4. The van der Waals surface area contributed by atoms with Crippen LogP contribution in [0.1, 0.15) is 12.5 Å². The molecule has 0 unspecified atom stereocenters. The van der Waals surface area contributed by atoms with Crippen molar-refractivity contribution in [2.45, 2.75) is 18.4 Å². The third kappa shape index (κ3) is 2.66. The highest BCUT2D eigenvalue weighted by Crippen LogP contribution is 2.32. The Kier molecular flexibility index (Phi) is 3.47. The van der Waals surface area contributed by atoms with E-state index in [4.69, 9.17) is 11.6 Å². The van der Waals surface area contributed by atoms with Crippen molar-refractivity contribution in [2.24, 2.45) is 4.40 Å². The predicted molar refractivity (Wildman–Crippen MR) is 84.4 cm³/mol. The van der Waals surface area contributed by atoms with Gasteiger partial charge in [0.05, 0.1) is 5.69 Å². The lowest BCUT2D eigenvalue weighted by Crippen LogP contribution is -2.33. The van der Waals surface area contributed by atoms with Crippen LogP contribution in [0.2, 0.25) is 5.02 Å². The molecule has 0 saturated heterocycles. The van der Waals surface area contributed by atoms with E-state index in [1.807, 2.05) is 29.2 Å². The van der Waals surface area contributed by atoms with Gasteiger partial charge in [-0.3, -0.25) is 0 Å². The molecule has 108 valence electrons. The molecule has 0 radical (unpaired) electrons. The van der Waals surface area contributed by atoms with E-state index in [9.17, 15) is 8.42 Å². The monoisotopic (exact) mass is 320 g/mol. The number of para-hydroxylation sites is 1. The molecule has 0 bridgehead atoms. The van der Waals surface area contributed by atoms with Crippen LogP contribution in [-0.4, -0.2) is 14.3 Å². The molecule has 0 spiro atoms. The summed E-state index contributed by atoms with van der Waals surface area (Å²) in [6.07, 6.45) is 0. The highest BCUT2D eigenvalue weighted by molar-refractivity contribution is 7.90. The molecule has 1 aliphatic heterocycles. The summed E-state index contributed by atoms with van der Waals surface area (Å²) in [6.45, 7) is 2.21. The first-order valence-corrected chi connectivity index (χ1v) is 8.22. The molecule has 6 heteroatoms. The molecular weight excluding hydrogens is 308 g/mol. The Labute approximate surface area is 128 Å². The number of rotatable bonds is 2. The molecule has 2 aromatic carbocycles. The van der Waals surface area contributed by atoms with Gasteiger partial charge in [-0.25, -0.2) is 0 Å². The SMILES string of the molecule is CC1=NS(=O)(=O)c2ccccc2N1Cc1cccc(Cl)c1. The van der Waals surface area contributed by atoms with E-state index < -0.39 is 10.0 Å². The predicted octanol–water partition coefficient (Wildman–Crippen LogP) is 3.47. The Morgan fingerprint density at radius 1 is 1.14 bits per heavy atom. The van der Waals surface area contributed by atoms with Crippen molar-refractivity contribution in [3.05, 3.63) is 59.1 Å². The molecular formula is C15H13ClN2O2S. The number of halogens is 1. The molecule has 0 N–H and O–H groups in total. The zero-order valence-electron chi connectivity index (χ0n) is 11.3. The Morgan fingerprint density at radius 2 is 1.90 bits per heavy atom. The zero-order valence-corrected chi connectivity index (χ0v) is 12.9. The summed E-state index contributed by atoms with van der Waals surface area (Å²) in [4.78, 5) is 2.11. The van der Waals surface area contributed by atoms with Gasteiger partial charge in [0.15, 0.2) is 0 Å². The molecule has 0 saturated carbocycles. The Balaban J connectivity index is 2.07. The standard InChI is InChI=1S/C15H13ClN2O2S/c1-11-17-21(19,20)15-8-3-2-7-14(15)18(11)10-12-5-4-6-13(16)9-12/h2-9H,10H2,1H3. The van der Waals surface area contributed by atoms with Gasteiger partial charge in [0, 0.05) is 11.6 Å². The number of sulfonamides is 1. The van der Waals surface area contributed by atoms with Gasteiger partial charge in [-0.05, 0) is 36.8 Å². The number of amidine groups is 1. The summed E-state index contributed by atoms with van der Waals surface area (Å²) in [5.74, 6) is 0.452. The maximum absolute atomic E-state index is 12.1. The van der Waals surface area contributed by atoms with Gasteiger partial charge >= 0.3 is 0 Å². The molecule has 0 aliphatic carbocycles. The van der Waals surface area contributed by atoms with E-state index in [0.29, 0.717) is 23.1 Å². The van der Waals surface area contributed by atoms with E-state index >= 15 is 0 Å². The maximum Gasteiger partial charge on any atom is 0.286 e. The fourth-order valence-electron chi connectivity index (χ4n) is 2.36. The first-order chi connectivity index (χ1) is 9.97. The lowest BCUT2D eigenvalue weighted by atomic mass is 10.2. The van der Waals surface area contributed by atoms with Crippen LogP contribution in [-0.2, 0) is 16.6 Å². The van der Waals surface area contributed by atoms with Gasteiger partial charge in [-0.15, -0.1) is 4.40 Å².